The lowest BCUT2D eigenvalue weighted by Crippen LogP contribution is -1.99. The molecule has 0 unspecified atom stereocenters. The summed E-state index contributed by atoms with van der Waals surface area (Å²) in [5.41, 5.74) is 0. The Morgan fingerprint density at radius 2 is 1.86 bits per heavy atom. The summed E-state index contributed by atoms with van der Waals surface area (Å²) in [5.74, 6) is -0.0645. The average Bonchev–Trinajstić information content (AvgIpc) is 2.90. The van der Waals surface area contributed by atoms with Gasteiger partial charge in [0.25, 0.3) is 0 Å². The predicted molar refractivity (Wildman–Crippen MR) is 57.2 cm³/mol. The summed E-state index contributed by atoms with van der Waals surface area (Å²) in [4.78, 5) is 10.5. The van der Waals surface area contributed by atoms with Crippen molar-refractivity contribution >= 4 is 5.97 Å². The van der Waals surface area contributed by atoms with E-state index in [0.717, 1.165) is 12.8 Å². The fourth-order valence-electron chi connectivity index (χ4n) is 2.06. The molecule has 1 N–H and O–H groups in total. The summed E-state index contributed by atoms with van der Waals surface area (Å²) < 4.78 is 0. The summed E-state index contributed by atoms with van der Waals surface area (Å²) in [7, 11) is 0. The van der Waals surface area contributed by atoms with Gasteiger partial charge in [-0.05, 0) is 18.8 Å². The summed E-state index contributed by atoms with van der Waals surface area (Å²) in [5, 5.41) is 8.70. The van der Waals surface area contributed by atoms with Crippen LogP contribution in [0.4, 0.5) is 0 Å². The van der Waals surface area contributed by atoms with Crippen LogP contribution in [0.3, 0.4) is 0 Å². The third kappa shape index (κ3) is 4.12. The highest BCUT2D eigenvalue weighted by atomic mass is 16.4. The van der Waals surface area contributed by atoms with Crippen molar-refractivity contribution in [2.24, 2.45) is 11.8 Å². The van der Waals surface area contributed by atoms with Gasteiger partial charge in [-0.15, -0.1) is 0 Å². The molecule has 2 heteroatoms. The number of carbonyl (C=O) groups is 1. The maximum atomic E-state index is 10.5. The van der Waals surface area contributed by atoms with Crippen LogP contribution in [0.2, 0.25) is 0 Å². The Hall–Kier alpha value is -0.530. The van der Waals surface area contributed by atoms with E-state index in [-0.39, 0.29) is 5.92 Å². The van der Waals surface area contributed by atoms with Crippen LogP contribution in [-0.4, -0.2) is 11.1 Å². The largest absolute Gasteiger partial charge is 0.481 e. The fourth-order valence-corrected chi connectivity index (χ4v) is 2.06. The lowest BCUT2D eigenvalue weighted by atomic mass is 10.1. The van der Waals surface area contributed by atoms with Crippen molar-refractivity contribution < 1.29 is 9.90 Å². The van der Waals surface area contributed by atoms with Gasteiger partial charge >= 0.3 is 5.97 Å². The molecule has 2 nitrogen and oxygen atoms in total. The van der Waals surface area contributed by atoms with Crippen LogP contribution in [-0.2, 0) is 4.79 Å². The van der Waals surface area contributed by atoms with Gasteiger partial charge in [0, 0.05) is 0 Å². The normalized spacial score (nSPS) is 24.9. The molecule has 1 aliphatic rings. The van der Waals surface area contributed by atoms with E-state index in [4.69, 9.17) is 5.11 Å². The molecule has 0 aliphatic heterocycles. The predicted octanol–water partition coefficient (Wildman–Crippen LogP) is 3.46. The van der Waals surface area contributed by atoms with Crippen molar-refractivity contribution in [3.05, 3.63) is 0 Å². The van der Waals surface area contributed by atoms with Gasteiger partial charge in [-0.1, -0.05) is 45.4 Å². The summed E-state index contributed by atoms with van der Waals surface area (Å²) in [6, 6.07) is 0. The van der Waals surface area contributed by atoms with Crippen molar-refractivity contribution in [1.82, 2.24) is 0 Å². The number of carboxylic acid groups (broad SMARTS) is 1. The maximum Gasteiger partial charge on any atom is 0.306 e. The molecule has 14 heavy (non-hydrogen) atoms. The van der Waals surface area contributed by atoms with E-state index < -0.39 is 5.97 Å². The molecular weight excluding hydrogens is 176 g/mol. The molecule has 0 aromatic rings. The fraction of sp³-hybridized carbons (Fsp3) is 0.917. The molecular formula is C12H22O2. The minimum atomic E-state index is -0.582. The zero-order chi connectivity index (χ0) is 10.4. The minimum Gasteiger partial charge on any atom is -0.481 e. The topological polar surface area (TPSA) is 37.3 Å². The van der Waals surface area contributed by atoms with E-state index in [2.05, 4.69) is 6.92 Å². The Morgan fingerprint density at radius 3 is 2.43 bits per heavy atom. The van der Waals surface area contributed by atoms with Crippen LogP contribution in [0.15, 0.2) is 0 Å². The molecule has 0 saturated heterocycles. The molecule has 2 atom stereocenters. The van der Waals surface area contributed by atoms with E-state index in [9.17, 15) is 4.79 Å². The molecule has 1 rings (SSSR count). The molecule has 1 saturated carbocycles. The number of hydrogen-bond donors (Lipinski definition) is 1. The Kier molecular flexibility index (Phi) is 4.99. The van der Waals surface area contributed by atoms with Crippen LogP contribution in [0.25, 0.3) is 0 Å². The summed E-state index contributed by atoms with van der Waals surface area (Å²) in [6.45, 7) is 2.22. The van der Waals surface area contributed by atoms with Crippen molar-refractivity contribution in [3.8, 4) is 0 Å². The molecule has 0 heterocycles. The van der Waals surface area contributed by atoms with E-state index in [1.807, 2.05) is 0 Å². The van der Waals surface area contributed by atoms with Gasteiger partial charge in [0.05, 0.1) is 5.92 Å². The zero-order valence-corrected chi connectivity index (χ0v) is 9.17. The van der Waals surface area contributed by atoms with Crippen LogP contribution >= 0.6 is 0 Å². The highest BCUT2D eigenvalue weighted by Gasteiger charge is 2.42. The first-order valence-corrected chi connectivity index (χ1v) is 5.98. The van der Waals surface area contributed by atoms with Crippen LogP contribution in [0, 0.1) is 11.8 Å². The average molecular weight is 198 g/mol. The maximum absolute atomic E-state index is 10.5. The third-order valence-corrected chi connectivity index (χ3v) is 3.17. The van der Waals surface area contributed by atoms with E-state index in [0.29, 0.717) is 5.92 Å². The standard InChI is InChI=1S/C12H22O2/c1-2-3-4-5-6-7-8-10-9-11(10)12(13)14/h10-11H,2-9H2,1H3,(H,13,14)/t10-,11-/m1/s1. The highest BCUT2D eigenvalue weighted by molar-refractivity contribution is 5.73. The van der Waals surface area contributed by atoms with Gasteiger partial charge in [-0.3, -0.25) is 4.79 Å². The summed E-state index contributed by atoms with van der Waals surface area (Å²) >= 11 is 0. The Balaban J connectivity index is 1.84. The summed E-state index contributed by atoms with van der Waals surface area (Å²) in [6.07, 6.45) is 9.93. The molecule has 82 valence electrons. The first-order valence-electron chi connectivity index (χ1n) is 5.98. The van der Waals surface area contributed by atoms with Gasteiger partial charge in [0.15, 0.2) is 0 Å². The Morgan fingerprint density at radius 1 is 1.21 bits per heavy atom. The van der Waals surface area contributed by atoms with Crippen LogP contribution in [0.1, 0.15) is 58.3 Å². The van der Waals surface area contributed by atoms with Gasteiger partial charge in [0.2, 0.25) is 0 Å². The van der Waals surface area contributed by atoms with Crippen LogP contribution in [0.5, 0.6) is 0 Å². The lowest BCUT2D eigenvalue weighted by molar-refractivity contribution is -0.138. The number of aliphatic carboxylic acids is 1. The van der Waals surface area contributed by atoms with Crippen molar-refractivity contribution in [3.63, 3.8) is 0 Å². The van der Waals surface area contributed by atoms with E-state index in [1.165, 1.54) is 38.5 Å². The van der Waals surface area contributed by atoms with Gasteiger partial charge < -0.3 is 5.11 Å². The molecule has 1 aliphatic carbocycles. The van der Waals surface area contributed by atoms with Crippen molar-refractivity contribution in [2.75, 3.05) is 0 Å². The number of rotatable bonds is 8. The van der Waals surface area contributed by atoms with Crippen molar-refractivity contribution in [1.29, 1.82) is 0 Å². The molecule has 0 spiro atoms. The second-order valence-corrected chi connectivity index (χ2v) is 4.50. The number of hydrogen-bond acceptors (Lipinski definition) is 1. The van der Waals surface area contributed by atoms with Gasteiger partial charge in [-0.2, -0.15) is 0 Å². The van der Waals surface area contributed by atoms with Crippen LogP contribution < -0.4 is 0 Å². The zero-order valence-electron chi connectivity index (χ0n) is 9.17. The number of carboxylic acids is 1. The second kappa shape index (κ2) is 6.05. The molecule has 0 bridgehead atoms. The quantitative estimate of drug-likeness (QED) is 0.606. The minimum absolute atomic E-state index is 0.00522. The third-order valence-electron chi connectivity index (χ3n) is 3.17. The number of unbranched alkanes of at least 4 members (excludes halogenated alkanes) is 5. The van der Waals surface area contributed by atoms with Crippen molar-refractivity contribution in [2.45, 2.75) is 58.3 Å². The molecule has 1 fully saturated rings. The Labute approximate surface area is 86.7 Å². The van der Waals surface area contributed by atoms with Gasteiger partial charge in [-0.25, -0.2) is 0 Å². The molecule has 0 amide bonds. The molecule has 0 aromatic heterocycles. The monoisotopic (exact) mass is 198 g/mol. The highest BCUT2D eigenvalue weighted by Crippen LogP contribution is 2.42. The van der Waals surface area contributed by atoms with E-state index >= 15 is 0 Å². The first-order chi connectivity index (χ1) is 6.75. The molecule has 0 aromatic carbocycles. The Bertz CT molecular complexity index is 177. The second-order valence-electron chi connectivity index (χ2n) is 4.50. The first kappa shape index (κ1) is 11.5. The smallest absolute Gasteiger partial charge is 0.306 e. The van der Waals surface area contributed by atoms with Gasteiger partial charge in [0.1, 0.15) is 0 Å². The molecule has 0 radical (unpaired) electrons. The lowest BCUT2D eigenvalue weighted by Gasteiger charge is -1.99. The van der Waals surface area contributed by atoms with E-state index in [1.54, 1.807) is 0 Å². The SMILES string of the molecule is CCCCCCCC[C@@H]1C[C@H]1C(=O)O.